The predicted molar refractivity (Wildman–Crippen MR) is 81.4 cm³/mol. The summed E-state index contributed by atoms with van der Waals surface area (Å²) in [5, 5.41) is 0. The third-order valence-corrected chi connectivity index (χ3v) is 13.0. The van der Waals surface area contributed by atoms with Crippen molar-refractivity contribution < 1.29 is 77.4 Å². The molecular formula is C2F16N6O2P6. The van der Waals surface area contributed by atoms with Gasteiger partial charge in [-0.3, -0.25) is 0 Å². The van der Waals surface area contributed by atoms with Gasteiger partial charge in [-0.25, -0.2) is 9.05 Å². The van der Waals surface area contributed by atoms with Crippen LogP contribution in [0.2, 0.25) is 0 Å². The molecule has 0 aromatic heterocycles. The van der Waals surface area contributed by atoms with E-state index >= 15 is 0 Å². The second-order valence-corrected chi connectivity index (χ2v) is 14.6. The lowest BCUT2D eigenvalue weighted by atomic mass is 11.4. The second kappa shape index (κ2) is 9.00. The minimum absolute atomic E-state index is 0.920. The van der Waals surface area contributed by atoms with Crippen LogP contribution >= 0.6 is 46.8 Å². The van der Waals surface area contributed by atoms with Crippen molar-refractivity contribution in [3.05, 3.63) is 0 Å². The molecule has 1 aliphatic heterocycles. The van der Waals surface area contributed by atoms with Crippen LogP contribution in [-0.4, -0.2) is 12.7 Å². The van der Waals surface area contributed by atoms with E-state index in [0.717, 1.165) is 27.1 Å². The molecule has 0 radical (unpaired) electrons. The van der Waals surface area contributed by atoms with Gasteiger partial charge in [0.05, 0.1) is 0 Å². The standard InChI is InChI=1S/C2F16N6O2P6/c3-1(4,5)25-31(17)22-29(13,14)20-27(9,10)19-28(11,12)21-30(15,16)23-32(18,24-31)26-2(6,7)8. The summed E-state index contributed by atoms with van der Waals surface area (Å²) in [5.74, 6) is 0. The van der Waals surface area contributed by atoms with Crippen LogP contribution in [0.15, 0.2) is 27.1 Å². The van der Waals surface area contributed by atoms with E-state index < -0.39 is 59.5 Å². The lowest BCUT2D eigenvalue weighted by molar-refractivity contribution is -0.274. The zero-order valence-corrected chi connectivity index (χ0v) is 18.6. The Hall–Kier alpha value is 0.180. The molecule has 0 aliphatic carbocycles. The minimum atomic E-state index is -7.72. The summed E-state index contributed by atoms with van der Waals surface area (Å²) in [7, 11) is -45.7. The maximum atomic E-state index is 14.2. The van der Waals surface area contributed by atoms with E-state index in [0.29, 0.717) is 0 Å². The maximum Gasteiger partial charge on any atom is 0.530 e. The molecule has 0 saturated heterocycles. The van der Waals surface area contributed by atoms with E-state index in [2.05, 4.69) is 9.05 Å². The molecule has 2 atom stereocenters. The third-order valence-electron chi connectivity index (χ3n) is 1.74. The van der Waals surface area contributed by atoms with Gasteiger partial charge in [0, 0.05) is 0 Å². The molecule has 192 valence electrons. The van der Waals surface area contributed by atoms with Crippen molar-refractivity contribution in [1.29, 1.82) is 0 Å². The molecule has 0 amide bonds. The van der Waals surface area contributed by atoms with E-state index in [1.165, 1.54) is 0 Å². The van der Waals surface area contributed by atoms with Gasteiger partial charge in [0.1, 0.15) is 0 Å². The number of hydrogen-bond donors (Lipinski definition) is 0. The highest BCUT2D eigenvalue weighted by atomic mass is 31.3. The number of alkyl halides is 6. The molecule has 30 heteroatoms. The van der Waals surface area contributed by atoms with Crippen LogP contribution in [0.1, 0.15) is 0 Å². The van der Waals surface area contributed by atoms with Gasteiger partial charge in [-0.05, 0) is 0 Å². The lowest BCUT2D eigenvalue weighted by Crippen LogP contribution is -2.11. The first-order chi connectivity index (χ1) is 13.7. The monoisotopic (exact) mass is 630 g/mol. The average Bonchev–Trinajstić information content (AvgIpc) is 2.21. The topological polar surface area (TPSA) is 92.6 Å². The Morgan fingerprint density at radius 2 is 0.625 bits per heavy atom. The zero-order valence-electron chi connectivity index (χ0n) is 13.2. The maximum absolute atomic E-state index is 14.2. The van der Waals surface area contributed by atoms with Crippen molar-refractivity contribution in [3.8, 4) is 0 Å². The molecule has 0 N–H and O–H groups in total. The molecule has 0 fully saturated rings. The quantitative estimate of drug-likeness (QED) is 0.224. The average molecular weight is 630 g/mol. The molecule has 1 rings (SSSR count). The predicted octanol–water partition coefficient (Wildman–Crippen LogP) is 12.4. The Morgan fingerprint density at radius 3 is 0.938 bits per heavy atom. The third kappa shape index (κ3) is 11.1. The first-order valence-electron chi connectivity index (χ1n) is 6.00. The fraction of sp³-hybridized carbons (Fsp3) is 1.00. The van der Waals surface area contributed by atoms with Gasteiger partial charge in [-0.1, -0.05) is 0 Å². The van der Waals surface area contributed by atoms with Crippen LogP contribution in [-0.2, 0) is 9.05 Å². The Kier molecular flexibility index (Phi) is 8.50. The Morgan fingerprint density at radius 1 is 0.375 bits per heavy atom. The lowest BCUT2D eigenvalue weighted by Gasteiger charge is -2.18. The van der Waals surface area contributed by atoms with Gasteiger partial charge in [0.25, 0.3) is 0 Å². The summed E-state index contributed by atoms with van der Waals surface area (Å²) in [6.45, 7) is 0. The summed E-state index contributed by atoms with van der Waals surface area (Å²) >= 11 is 0. The molecular weight excluding hydrogens is 630 g/mol. The zero-order chi connectivity index (χ0) is 25.7. The fourth-order valence-electron chi connectivity index (χ4n) is 1.23. The van der Waals surface area contributed by atoms with Gasteiger partial charge in [-0.15, -0.1) is 87.0 Å². The first-order valence-corrected chi connectivity index (χ1v) is 14.9. The highest BCUT2D eigenvalue weighted by molar-refractivity contribution is 7.78. The van der Waals surface area contributed by atoms with Gasteiger partial charge < -0.3 is 0 Å². The normalized spacial score (nSPS) is 32.2. The molecule has 0 spiro atoms. The summed E-state index contributed by atoms with van der Waals surface area (Å²) in [5.41, 5.74) is 0. The molecule has 1 aliphatic rings. The van der Waals surface area contributed by atoms with Gasteiger partial charge in [0.15, 0.2) is 0 Å². The highest BCUT2D eigenvalue weighted by Crippen LogP contribution is 2.83. The number of hydrogen-bond acceptors (Lipinski definition) is 8. The van der Waals surface area contributed by atoms with E-state index in [4.69, 9.17) is 0 Å². The van der Waals surface area contributed by atoms with Crippen LogP contribution in [0.4, 0.5) is 68.3 Å². The SMILES string of the molecule is FC(F)(F)OP1(F)=NP(F)(F)=NP(F)(F)=NP(F)(F)=NP(F)(F)=NP(F)(OC(F)(F)F)=N1. The highest BCUT2D eigenvalue weighted by Gasteiger charge is 2.49. The van der Waals surface area contributed by atoms with Crippen molar-refractivity contribution in [2.75, 3.05) is 0 Å². The smallest absolute Gasteiger partial charge is 0.207 e. The Balaban J connectivity index is 4.32. The van der Waals surface area contributed by atoms with E-state index in [9.17, 15) is 68.3 Å². The van der Waals surface area contributed by atoms with Gasteiger partial charge in [0.2, 0.25) is 0 Å². The van der Waals surface area contributed by atoms with Crippen molar-refractivity contribution >= 4 is 46.8 Å². The number of halogens is 16. The number of nitrogens with zero attached hydrogens (tertiary/aromatic N) is 6. The Labute approximate surface area is 165 Å². The van der Waals surface area contributed by atoms with Crippen LogP contribution in [0, 0.1) is 0 Å². The summed E-state index contributed by atoms with van der Waals surface area (Å²) in [6.07, 6.45) is -13.1. The summed E-state index contributed by atoms with van der Waals surface area (Å²) in [6, 6.07) is 0. The molecule has 0 aromatic rings. The van der Waals surface area contributed by atoms with Crippen molar-refractivity contribution in [2.24, 2.45) is 27.1 Å². The van der Waals surface area contributed by atoms with Crippen LogP contribution < -0.4 is 0 Å². The van der Waals surface area contributed by atoms with E-state index in [-0.39, 0.29) is 0 Å². The van der Waals surface area contributed by atoms with Crippen molar-refractivity contribution in [1.82, 2.24) is 0 Å². The van der Waals surface area contributed by atoms with Gasteiger partial charge >= 0.3 is 59.5 Å². The van der Waals surface area contributed by atoms with Crippen molar-refractivity contribution in [3.63, 3.8) is 0 Å². The number of rotatable bonds is 2. The van der Waals surface area contributed by atoms with Crippen LogP contribution in [0.25, 0.3) is 0 Å². The molecule has 0 bridgehead atoms. The summed E-state index contributed by atoms with van der Waals surface area (Å²) in [4.78, 5) is 0. The first kappa shape index (κ1) is 30.2. The fourth-order valence-corrected chi connectivity index (χ4v) is 11.5. The molecule has 2 unspecified atom stereocenters. The molecule has 32 heavy (non-hydrogen) atoms. The Bertz CT molecular complexity index is 1040. The van der Waals surface area contributed by atoms with Gasteiger partial charge in [-0.2, -0.15) is 8.39 Å². The molecule has 8 nitrogen and oxygen atoms in total. The molecule has 1 heterocycles. The molecule has 0 aromatic carbocycles. The van der Waals surface area contributed by atoms with Crippen LogP contribution in [0.3, 0.4) is 0 Å². The van der Waals surface area contributed by atoms with Crippen molar-refractivity contribution in [2.45, 2.75) is 12.7 Å². The second-order valence-electron chi connectivity index (χ2n) is 4.38. The van der Waals surface area contributed by atoms with Crippen LogP contribution in [0.5, 0.6) is 0 Å². The minimum Gasteiger partial charge on any atom is -0.207 e. The molecule has 0 saturated carbocycles. The van der Waals surface area contributed by atoms with E-state index in [1.54, 1.807) is 0 Å². The summed E-state index contributed by atoms with van der Waals surface area (Å²) < 4.78 is 219. The van der Waals surface area contributed by atoms with E-state index in [1.807, 2.05) is 0 Å². The largest absolute Gasteiger partial charge is 0.530 e.